The molecule has 1 aliphatic heterocycles. The zero-order valence-corrected chi connectivity index (χ0v) is 20.1. The van der Waals surface area contributed by atoms with Crippen LogP contribution in [0.2, 0.25) is 0 Å². The third kappa shape index (κ3) is 5.25. The van der Waals surface area contributed by atoms with Gasteiger partial charge in [-0.05, 0) is 43.5 Å². The van der Waals surface area contributed by atoms with E-state index in [1.165, 1.54) is 6.07 Å². The molecule has 182 valence electrons. The number of ether oxygens (including phenoxy) is 4. The zero-order chi connectivity index (χ0) is 24.1. The SMILES string of the molecule is CCOc1cc(CN2CCC(Nc3nc(OC)c4cc(OC)c(OC)cc4n3)CC2)ccc1F. The lowest BCUT2D eigenvalue weighted by molar-refractivity contribution is 0.210. The first-order valence-corrected chi connectivity index (χ1v) is 11.4. The predicted molar refractivity (Wildman–Crippen MR) is 129 cm³/mol. The number of nitrogens with zero attached hydrogens (tertiary/aromatic N) is 3. The molecule has 9 heteroatoms. The van der Waals surface area contributed by atoms with Gasteiger partial charge in [-0.1, -0.05) is 6.07 Å². The Morgan fingerprint density at radius 3 is 2.38 bits per heavy atom. The molecule has 0 aliphatic carbocycles. The minimum Gasteiger partial charge on any atom is -0.493 e. The standard InChI is InChI=1S/C25H31FN4O4/c1-5-34-21-12-16(6-7-19(21)26)15-30-10-8-17(9-11-30)27-25-28-20-14-23(32-3)22(31-2)13-18(20)24(29-25)33-4/h6-7,12-14,17H,5,8-11,15H2,1-4H3,(H,27,28,29). The molecular formula is C25H31FN4O4. The van der Waals surface area contributed by atoms with Gasteiger partial charge in [0.25, 0.3) is 0 Å². The summed E-state index contributed by atoms with van der Waals surface area (Å²) in [4.78, 5) is 11.6. The maximum atomic E-state index is 13.8. The Morgan fingerprint density at radius 1 is 0.971 bits per heavy atom. The molecule has 0 amide bonds. The summed E-state index contributed by atoms with van der Waals surface area (Å²) in [5, 5.41) is 4.22. The summed E-state index contributed by atoms with van der Waals surface area (Å²) in [6, 6.07) is 8.98. The number of aromatic nitrogens is 2. The number of likely N-dealkylation sites (tertiary alicyclic amines) is 1. The number of anilines is 1. The molecule has 0 unspecified atom stereocenters. The Kier molecular flexibility index (Phi) is 7.52. The van der Waals surface area contributed by atoms with Crippen molar-refractivity contribution < 1.29 is 23.3 Å². The number of fused-ring (bicyclic) bond motifs is 1. The lowest BCUT2D eigenvalue weighted by Gasteiger charge is -2.32. The molecule has 3 aromatic rings. The van der Waals surface area contributed by atoms with Crippen molar-refractivity contribution in [3.8, 4) is 23.1 Å². The number of nitrogens with one attached hydrogen (secondary N) is 1. The molecule has 1 aliphatic rings. The summed E-state index contributed by atoms with van der Waals surface area (Å²) in [6.45, 7) is 4.88. The molecule has 8 nitrogen and oxygen atoms in total. The summed E-state index contributed by atoms with van der Waals surface area (Å²) in [5.74, 6) is 2.19. The summed E-state index contributed by atoms with van der Waals surface area (Å²) >= 11 is 0. The monoisotopic (exact) mass is 470 g/mol. The molecule has 0 saturated carbocycles. The minimum atomic E-state index is -0.324. The number of hydrogen-bond acceptors (Lipinski definition) is 8. The molecule has 34 heavy (non-hydrogen) atoms. The van der Waals surface area contributed by atoms with Gasteiger partial charge in [0.15, 0.2) is 23.1 Å². The normalized spacial score (nSPS) is 14.7. The second kappa shape index (κ2) is 10.7. The van der Waals surface area contributed by atoms with Crippen molar-refractivity contribution in [2.24, 2.45) is 0 Å². The number of methoxy groups -OCH3 is 3. The second-order valence-electron chi connectivity index (χ2n) is 8.17. The van der Waals surface area contributed by atoms with Gasteiger partial charge in [-0.2, -0.15) is 4.98 Å². The Balaban J connectivity index is 1.42. The highest BCUT2D eigenvalue weighted by molar-refractivity contribution is 5.88. The fourth-order valence-corrected chi connectivity index (χ4v) is 4.24. The maximum Gasteiger partial charge on any atom is 0.226 e. The van der Waals surface area contributed by atoms with Crippen molar-refractivity contribution in [2.45, 2.75) is 32.4 Å². The van der Waals surface area contributed by atoms with Gasteiger partial charge >= 0.3 is 0 Å². The van der Waals surface area contributed by atoms with E-state index in [2.05, 4.69) is 20.2 Å². The van der Waals surface area contributed by atoms with Gasteiger partial charge in [-0.3, -0.25) is 4.90 Å². The number of piperidine rings is 1. The zero-order valence-electron chi connectivity index (χ0n) is 20.1. The van der Waals surface area contributed by atoms with E-state index < -0.39 is 0 Å². The fourth-order valence-electron chi connectivity index (χ4n) is 4.24. The Labute approximate surface area is 199 Å². The third-order valence-corrected chi connectivity index (χ3v) is 5.98. The van der Waals surface area contributed by atoms with Crippen molar-refractivity contribution >= 4 is 16.9 Å². The average Bonchev–Trinajstić information content (AvgIpc) is 2.86. The van der Waals surface area contributed by atoms with Crippen molar-refractivity contribution in [1.82, 2.24) is 14.9 Å². The molecule has 4 rings (SSSR count). The molecule has 2 heterocycles. The van der Waals surface area contributed by atoms with Crippen LogP contribution in [0.4, 0.5) is 10.3 Å². The summed E-state index contributed by atoms with van der Waals surface area (Å²) < 4.78 is 35.6. The van der Waals surface area contributed by atoms with E-state index in [9.17, 15) is 4.39 Å². The first kappa shape index (κ1) is 23.8. The topological polar surface area (TPSA) is 78.0 Å². The van der Waals surface area contributed by atoms with Crippen molar-refractivity contribution in [3.05, 3.63) is 41.7 Å². The van der Waals surface area contributed by atoms with Gasteiger partial charge in [0.05, 0.1) is 38.8 Å². The molecule has 1 N–H and O–H groups in total. The van der Waals surface area contributed by atoms with Gasteiger partial charge in [0, 0.05) is 31.7 Å². The van der Waals surface area contributed by atoms with E-state index in [1.54, 1.807) is 27.4 Å². The van der Waals surface area contributed by atoms with Crippen LogP contribution >= 0.6 is 0 Å². The highest BCUT2D eigenvalue weighted by Crippen LogP contribution is 2.35. The quantitative estimate of drug-likeness (QED) is 0.497. The molecule has 0 bridgehead atoms. The fraction of sp³-hybridized carbons (Fsp3) is 0.440. The highest BCUT2D eigenvalue weighted by atomic mass is 19.1. The summed E-state index contributed by atoms with van der Waals surface area (Å²) in [6.07, 6.45) is 1.88. The van der Waals surface area contributed by atoms with Gasteiger partial charge in [0.2, 0.25) is 11.8 Å². The second-order valence-corrected chi connectivity index (χ2v) is 8.17. The third-order valence-electron chi connectivity index (χ3n) is 5.98. The highest BCUT2D eigenvalue weighted by Gasteiger charge is 2.21. The van der Waals surface area contributed by atoms with Crippen LogP contribution in [0.1, 0.15) is 25.3 Å². The lowest BCUT2D eigenvalue weighted by atomic mass is 10.0. The van der Waals surface area contributed by atoms with Crippen LogP contribution in [0.3, 0.4) is 0 Å². The van der Waals surface area contributed by atoms with E-state index in [1.807, 2.05) is 25.1 Å². The van der Waals surface area contributed by atoms with Gasteiger partial charge in [0.1, 0.15) is 0 Å². The van der Waals surface area contributed by atoms with Gasteiger partial charge in [-0.25, -0.2) is 9.37 Å². The Bertz CT molecular complexity index is 1140. The Hall–Kier alpha value is -3.33. The molecule has 1 fully saturated rings. The largest absolute Gasteiger partial charge is 0.493 e. The van der Waals surface area contributed by atoms with Crippen molar-refractivity contribution in [3.63, 3.8) is 0 Å². The number of benzene rings is 2. The molecule has 0 atom stereocenters. The first-order valence-electron chi connectivity index (χ1n) is 11.4. The lowest BCUT2D eigenvalue weighted by Crippen LogP contribution is -2.39. The maximum absolute atomic E-state index is 13.8. The van der Waals surface area contributed by atoms with Crippen LogP contribution in [-0.4, -0.2) is 61.9 Å². The van der Waals surface area contributed by atoms with Crippen LogP contribution in [-0.2, 0) is 6.54 Å². The van der Waals surface area contributed by atoms with Crippen molar-refractivity contribution in [1.29, 1.82) is 0 Å². The predicted octanol–water partition coefficient (Wildman–Crippen LogP) is 4.27. The smallest absolute Gasteiger partial charge is 0.226 e. The number of halogens is 1. The first-order chi connectivity index (χ1) is 16.5. The van der Waals surface area contributed by atoms with Crippen molar-refractivity contribution in [2.75, 3.05) is 46.3 Å². The van der Waals surface area contributed by atoms with E-state index in [-0.39, 0.29) is 11.9 Å². The van der Waals surface area contributed by atoms with Crippen LogP contribution in [0, 0.1) is 5.82 Å². The van der Waals surface area contributed by atoms with Crippen LogP contribution in [0.5, 0.6) is 23.1 Å². The number of hydrogen-bond donors (Lipinski definition) is 1. The minimum absolute atomic E-state index is 0.241. The van der Waals surface area contributed by atoms with Crippen LogP contribution in [0.25, 0.3) is 10.9 Å². The molecule has 1 aromatic heterocycles. The molecule has 2 aromatic carbocycles. The average molecular weight is 471 g/mol. The van der Waals surface area contributed by atoms with E-state index in [0.29, 0.717) is 41.2 Å². The molecule has 0 radical (unpaired) electrons. The van der Waals surface area contributed by atoms with Crippen LogP contribution < -0.4 is 24.3 Å². The summed E-state index contributed by atoms with van der Waals surface area (Å²) in [5.41, 5.74) is 1.76. The van der Waals surface area contributed by atoms with E-state index in [4.69, 9.17) is 18.9 Å². The van der Waals surface area contributed by atoms with Crippen LogP contribution in [0.15, 0.2) is 30.3 Å². The van der Waals surface area contributed by atoms with Gasteiger partial charge < -0.3 is 24.3 Å². The molecule has 0 spiro atoms. The van der Waals surface area contributed by atoms with E-state index >= 15 is 0 Å². The van der Waals surface area contributed by atoms with Gasteiger partial charge in [-0.15, -0.1) is 0 Å². The molecular weight excluding hydrogens is 439 g/mol. The molecule has 1 saturated heterocycles. The number of rotatable bonds is 9. The summed E-state index contributed by atoms with van der Waals surface area (Å²) in [7, 11) is 4.78. The Morgan fingerprint density at radius 2 is 1.71 bits per heavy atom. The van der Waals surface area contributed by atoms with E-state index in [0.717, 1.165) is 43.4 Å².